The number of allylic oxidation sites excluding steroid dienone is 1. The largest absolute Gasteiger partial charge is 0.513 e. The molecular formula is C7H12O3. The molecule has 0 amide bonds. The van der Waals surface area contributed by atoms with Gasteiger partial charge in [0, 0.05) is 6.42 Å². The van der Waals surface area contributed by atoms with Gasteiger partial charge in [-0.2, -0.15) is 0 Å². The van der Waals surface area contributed by atoms with Crippen molar-refractivity contribution in [3.05, 3.63) is 12.3 Å². The van der Waals surface area contributed by atoms with Gasteiger partial charge in [-0.1, -0.05) is 13.5 Å². The van der Waals surface area contributed by atoms with E-state index in [1.165, 1.54) is 0 Å². The Kier molecular flexibility index (Phi) is 4.37. The van der Waals surface area contributed by atoms with Crippen molar-refractivity contribution in [3.8, 4) is 0 Å². The minimum atomic E-state index is -0.672. The lowest BCUT2D eigenvalue weighted by Crippen LogP contribution is -2.05. The van der Waals surface area contributed by atoms with Crippen LogP contribution in [0.4, 0.5) is 4.79 Å². The van der Waals surface area contributed by atoms with Crippen LogP contribution in [0.15, 0.2) is 12.3 Å². The van der Waals surface area contributed by atoms with Gasteiger partial charge >= 0.3 is 6.16 Å². The Hall–Kier alpha value is -0.990. The van der Waals surface area contributed by atoms with Gasteiger partial charge in [-0.3, -0.25) is 0 Å². The first kappa shape index (κ1) is 9.01. The van der Waals surface area contributed by atoms with Gasteiger partial charge in [0.25, 0.3) is 0 Å². The van der Waals surface area contributed by atoms with Gasteiger partial charge in [0.1, 0.15) is 5.76 Å². The van der Waals surface area contributed by atoms with Gasteiger partial charge < -0.3 is 9.47 Å². The molecule has 3 heteroatoms. The second kappa shape index (κ2) is 4.85. The SMILES string of the molecule is C=C(CC)OC(=O)OCC. The molecule has 3 nitrogen and oxygen atoms in total. The fraction of sp³-hybridized carbons (Fsp3) is 0.571. The smallest absolute Gasteiger partial charge is 0.434 e. The normalized spacial score (nSPS) is 8.60. The van der Waals surface area contributed by atoms with Crippen LogP contribution < -0.4 is 0 Å². The van der Waals surface area contributed by atoms with Crippen molar-refractivity contribution < 1.29 is 14.3 Å². The molecule has 0 aromatic heterocycles. The zero-order valence-corrected chi connectivity index (χ0v) is 6.35. The minimum Gasteiger partial charge on any atom is -0.434 e. The van der Waals surface area contributed by atoms with Crippen molar-refractivity contribution in [2.45, 2.75) is 20.3 Å². The third kappa shape index (κ3) is 3.95. The van der Waals surface area contributed by atoms with E-state index in [9.17, 15) is 4.79 Å². The second-order valence-corrected chi connectivity index (χ2v) is 1.68. The number of carbonyl (C=O) groups excluding carboxylic acids is 1. The van der Waals surface area contributed by atoms with Gasteiger partial charge in [-0.05, 0) is 6.92 Å². The molecule has 0 atom stereocenters. The first-order valence-corrected chi connectivity index (χ1v) is 3.23. The molecule has 0 radical (unpaired) electrons. The highest BCUT2D eigenvalue weighted by Gasteiger charge is 2.02. The topological polar surface area (TPSA) is 35.5 Å². The molecule has 0 bridgehead atoms. The molecule has 0 aromatic rings. The van der Waals surface area contributed by atoms with E-state index in [1.54, 1.807) is 6.92 Å². The Morgan fingerprint density at radius 1 is 1.50 bits per heavy atom. The summed E-state index contributed by atoms with van der Waals surface area (Å²) in [6, 6.07) is 0. The van der Waals surface area contributed by atoms with Gasteiger partial charge in [0.2, 0.25) is 0 Å². The lowest BCUT2D eigenvalue weighted by atomic mass is 10.4. The van der Waals surface area contributed by atoms with Crippen molar-refractivity contribution in [1.29, 1.82) is 0 Å². The highest BCUT2D eigenvalue weighted by molar-refractivity contribution is 5.61. The van der Waals surface area contributed by atoms with E-state index in [0.717, 1.165) is 0 Å². The average Bonchev–Trinajstić information content (AvgIpc) is 1.88. The molecule has 0 fully saturated rings. The van der Waals surface area contributed by atoms with Crippen molar-refractivity contribution in [1.82, 2.24) is 0 Å². The van der Waals surface area contributed by atoms with E-state index in [2.05, 4.69) is 16.1 Å². The van der Waals surface area contributed by atoms with E-state index < -0.39 is 6.16 Å². The second-order valence-electron chi connectivity index (χ2n) is 1.68. The third-order valence-corrected chi connectivity index (χ3v) is 0.884. The highest BCUT2D eigenvalue weighted by atomic mass is 16.7. The Morgan fingerprint density at radius 2 is 2.10 bits per heavy atom. The van der Waals surface area contributed by atoms with Crippen LogP contribution in [0.25, 0.3) is 0 Å². The molecule has 0 unspecified atom stereocenters. The summed E-state index contributed by atoms with van der Waals surface area (Å²) >= 11 is 0. The van der Waals surface area contributed by atoms with Crippen LogP contribution in [0.3, 0.4) is 0 Å². The van der Waals surface area contributed by atoms with Crippen molar-refractivity contribution >= 4 is 6.16 Å². The van der Waals surface area contributed by atoms with Crippen LogP contribution in [0.5, 0.6) is 0 Å². The number of rotatable bonds is 3. The molecule has 0 spiro atoms. The van der Waals surface area contributed by atoms with E-state index in [4.69, 9.17) is 0 Å². The Morgan fingerprint density at radius 3 is 2.50 bits per heavy atom. The molecule has 58 valence electrons. The molecule has 0 saturated heterocycles. The summed E-state index contributed by atoms with van der Waals surface area (Å²) < 4.78 is 9.08. The standard InChI is InChI=1S/C7H12O3/c1-4-6(3)10-7(8)9-5-2/h3-5H2,1-2H3. The van der Waals surface area contributed by atoms with Crippen LogP contribution in [0, 0.1) is 0 Å². The number of hydrogen-bond acceptors (Lipinski definition) is 3. The maximum Gasteiger partial charge on any atom is 0.513 e. The fourth-order valence-corrected chi connectivity index (χ4v) is 0.337. The van der Waals surface area contributed by atoms with Crippen LogP contribution in [-0.4, -0.2) is 12.8 Å². The van der Waals surface area contributed by atoms with E-state index >= 15 is 0 Å². The molecule has 0 N–H and O–H groups in total. The summed E-state index contributed by atoms with van der Waals surface area (Å²) in [5.41, 5.74) is 0. The van der Waals surface area contributed by atoms with E-state index in [-0.39, 0.29) is 0 Å². The van der Waals surface area contributed by atoms with Crippen LogP contribution in [-0.2, 0) is 9.47 Å². The van der Waals surface area contributed by atoms with Gasteiger partial charge in [0.05, 0.1) is 6.61 Å². The molecule has 0 heterocycles. The zero-order chi connectivity index (χ0) is 7.98. The predicted molar refractivity (Wildman–Crippen MR) is 37.5 cm³/mol. The fourth-order valence-electron chi connectivity index (χ4n) is 0.337. The number of ether oxygens (including phenoxy) is 2. The molecule has 0 aliphatic rings. The summed E-state index contributed by atoms with van der Waals surface area (Å²) in [6.07, 6.45) is -0.0481. The molecule has 0 aliphatic heterocycles. The lowest BCUT2D eigenvalue weighted by Gasteiger charge is -2.03. The van der Waals surface area contributed by atoms with E-state index in [1.807, 2.05) is 6.92 Å². The Bertz CT molecular complexity index is 129. The quantitative estimate of drug-likeness (QED) is 0.449. The number of hydrogen-bond donors (Lipinski definition) is 0. The van der Waals surface area contributed by atoms with Crippen molar-refractivity contribution in [3.63, 3.8) is 0 Å². The first-order chi connectivity index (χ1) is 4.70. The monoisotopic (exact) mass is 144 g/mol. The molecule has 0 rings (SSSR count). The zero-order valence-electron chi connectivity index (χ0n) is 6.35. The third-order valence-electron chi connectivity index (χ3n) is 0.884. The van der Waals surface area contributed by atoms with Gasteiger partial charge in [-0.15, -0.1) is 0 Å². The van der Waals surface area contributed by atoms with Crippen LogP contribution in [0.2, 0.25) is 0 Å². The molecular weight excluding hydrogens is 132 g/mol. The number of carbonyl (C=O) groups is 1. The average molecular weight is 144 g/mol. The molecule has 10 heavy (non-hydrogen) atoms. The van der Waals surface area contributed by atoms with Gasteiger partial charge in [-0.25, -0.2) is 4.79 Å². The minimum absolute atomic E-state index is 0.329. The Labute approximate surface area is 60.6 Å². The van der Waals surface area contributed by atoms with Gasteiger partial charge in [0.15, 0.2) is 0 Å². The predicted octanol–water partition coefficient (Wildman–Crippen LogP) is 2.08. The maximum atomic E-state index is 10.5. The van der Waals surface area contributed by atoms with Crippen LogP contribution >= 0.6 is 0 Å². The van der Waals surface area contributed by atoms with Crippen LogP contribution in [0.1, 0.15) is 20.3 Å². The highest BCUT2D eigenvalue weighted by Crippen LogP contribution is 1.99. The van der Waals surface area contributed by atoms with Crippen molar-refractivity contribution in [2.24, 2.45) is 0 Å². The Balaban J connectivity index is 3.47. The summed E-state index contributed by atoms with van der Waals surface area (Å²) in [5.74, 6) is 0.429. The molecule has 0 aromatic carbocycles. The first-order valence-electron chi connectivity index (χ1n) is 3.23. The summed E-state index contributed by atoms with van der Waals surface area (Å²) in [7, 11) is 0. The summed E-state index contributed by atoms with van der Waals surface area (Å²) in [5, 5.41) is 0. The van der Waals surface area contributed by atoms with Crippen molar-refractivity contribution in [2.75, 3.05) is 6.61 Å². The maximum absolute atomic E-state index is 10.5. The molecule has 0 aliphatic carbocycles. The lowest BCUT2D eigenvalue weighted by molar-refractivity contribution is 0.0803. The summed E-state index contributed by atoms with van der Waals surface area (Å²) in [4.78, 5) is 10.5. The summed E-state index contributed by atoms with van der Waals surface area (Å²) in [6.45, 7) is 7.37. The van der Waals surface area contributed by atoms with E-state index in [0.29, 0.717) is 18.8 Å². The molecule has 0 saturated carbocycles.